The van der Waals surface area contributed by atoms with Crippen molar-refractivity contribution in [3.63, 3.8) is 0 Å². The fourth-order valence-electron chi connectivity index (χ4n) is 2.95. The summed E-state index contributed by atoms with van der Waals surface area (Å²) < 4.78 is 0. The third-order valence-corrected chi connectivity index (χ3v) is 3.97. The summed E-state index contributed by atoms with van der Waals surface area (Å²) in [5, 5.41) is 2.99. The van der Waals surface area contributed by atoms with E-state index in [9.17, 15) is 4.79 Å². The van der Waals surface area contributed by atoms with E-state index < -0.39 is 0 Å². The van der Waals surface area contributed by atoms with Gasteiger partial charge in [-0.2, -0.15) is 0 Å². The number of nitrogens with one attached hydrogen (secondary N) is 1. The molecule has 0 aromatic heterocycles. The van der Waals surface area contributed by atoms with E-state index in [2.05, 4.69) is 36.5 Å². The number of rotatable bonds is 2. The van der Waals surface area contributed by atoms with Crippen LogP contribution in [0.25, 0.3) is 0 Å². The van der Waals surface area contributed by atoms with Crippen molar-refractivity contribution in [3.05, 3.63) is 65.7 Å². The molecule has 0 unspecified atom stereocenters. The average molecular weight is 280 g/mol. The minimum absolute atomic E-state index is 0.00907. The highest BCUT2D eigenvalue weighted by atomic mass is 16.2. The largest absolute Gasteiger partial charge is 0.322 e. The van der Waals surface area contributed by atoms with Gasteiger partial charge >= 0.3 is 6.03 Å². The van der Waals surface area contributed by atoms with Gasteiger partial charge < -0.3 is 10.2 Å². The lowest BCUT2D eigenvalue weighted by atomic mass is 10.0. The van der Waals surface area contributed by atoms with Crippen molar-refractivity contribution in [1.29, 1.82) is 0 Å². The van der Waals surface area contributed by atoms with E-state index >= 15 is 0 Å². The molecule has 1 aliphatic heterocycles. The number of para-hydroxylation sites is 1. The van der Waals surface area contributed by atoms with Crippen molar-refractivity contribution < 1.29 is 4.79 Å². The molecule has 21 heavy (non-hydrogen) atoms. The quantitative estimate of drug-likeness (QED) is 0.870. The highest BCUT2D eigenvalue weighted by Crippen LogP contribution is 2.32. The van der Waals surface area contributed by atoms with Crippen LogP contribution in [0.4, 0.5) is 10.5 Å². The van der Waals surface area contributed by atoms with Gasteiger partial charge in [0.2, 0.25) is 0 Å². The molecule has 0 bridgehead atoms. The van der Waals surface area contributed by atoms with Gasteiger partial charge in [-0.25, -0.2) is 4.79 Å². The molecule has 0 saturated carbocycles. The van der Waals surface area contributed by atoms with Crippen molar-refractivity contribution >= 4 is 11.7 Å². The Balaban J connectivity index is 1.76. The van der Waals surface area contributed by atoms with E-state index in [4.69, 9.17) is 0 Å². The van der Waals surface area contributed by atoms with Crippen LogP contribution >= 0.6 is 0 Å². The maximum atomic E-state index is 12.5. The van der Waals surface area contributed by atoms with Crippen LogP contribution in [-0.4, -0.2) is 17.5 Å². The molecular weight excluding hydrogens is 260 g/mol. The standard InChI is InChI=1S/C18H20N2O/c1-14-7-5-8-15(13-14)17-11-6-12-20(17)18(21)19-16-9-3-2-4-10-16/h2-5,7-10,13,17H,6,11-12H2,1H3,(H,19,21)/t17-/m1/s1. The smallest absolute Gasteiger partial charge is 0.317 e. The second-order valence-electron chi connectivity index (χ2n) is 5.56. The lowest BCUT2D eigenvalue weighted by Gasteiger charge is -2.25. The van der Waals surface area contributed by atoms with E-state index in [1.807, 2.05) is 35.2 Å². The number of hydrogen-bond donors (Lipinski definition) is 1. The molecule has 0 spiro atoms. The molecule has 1 heterocycles. The number of urea groups is 1. The van der Waals surface area contributed by atoms with Crippen molar-refractivity contribution in [2.24, 2.45) is 0 Å². The number of carbonyl (C=O) groups is 1. The van der Waals surface area contributed by atoms with Crippen molar-refractivity contribution in [1.82, 2.24) is 4.90 Å². The Hall–Kier alpha value is -2.29. The van der Waals surface area contributed by atoms with E-state index in [0.717, 1.165) is 25.1 Å². The highest BCUT2D eigenvalue weighted by molar-refractivity contribution is 5.89. The third kappa shape index (κ3) is 3.07. The van der Waals surface area contributed by atoms with Crippen LogP contribution in [-0.2, 0) is 0 Å². The monoisotopic (exact) mass is 280 g/mol. The SMILES string of the molecule is Cc1cccc([C@H]2CCCN2C(=O)Nc2ccccc2)c1. The zero-order chi connectivity index (χ0) is 14.7. The second-order valence-corrected chi connectivity index (χ2v) is 5.56. The van der Waals surface area contributed by atoms with Crippen LogP contribution in [0.5, 0.6) is 0 Å². The number of likely N-dealkylation sites (tertiary alicyclic amines) is 1. The molecule has 1 atom stereocenters. The van der Waals surface area contributed by atoms with Crippen molar-refractivity contribution in [3.8, 4) is 0 Å². The van der Waals surface area contributed by atoms with Crippen LogP contribution in [0.2, 0.25) is 0 Å². The Labute approximate surface area is 125 Å². The molecule has 1 saturated heterocycles. The van der Waals surface area contributed by atoms with Gasteiger partial charge in [0.25, 0.3) is 0 Å². The van der Waals surface area contributed by atoms with Crippen LogP contribution in [0.1, 0.15) is 30.0 Å². The number of benzene rings is 2. The summed E-state index contributed by atoms with van der Waals surface area (Å²) in [5.74, 6) is 0. The molecule has 2 amide bonds. The Morgan fingerprint density at radius 3 is 2.71 bits per heavy atom. The first-order chi connectivity index (χ1) is 10.2. The van der Waals surface area contributed by atoms with Gasteiger partial charge in [0.1, 0.15) is 0 Å². The number of nitrogens with zero attached hydrogens (tertiary/aromatic N) is 1. The number of hydrogen-bond acceptors (Lipinski definition) is 1. The predicted octanol–water partition coefficient (Wildman–Crippen LogP) is 4.36. The average Bonchev–Trinajstić information content (AvgIpc) is 2.98. The number of aryl methyl sites for hydroxylation is 1. The normalized spacial score (nSPS) is 17.8. The van der Waals surface area contributed by atoms with Gasteiger partial charge in [-0.3, -0.25) is 0 Å². The van der Waals surface area contributed by atoms with Crippen LogP contribution < -0.4 is 5.32 Å². The van der Waals surface area contributed by atoms with E-state index in [0.29, 0.717) is 0 Å². The maximum absolute atomic E-state index is 12.5. The fraction of sp³-hybridized carbons (Fsp3) is 0.278. The molecule has 3 heteroatoms. The van der Waals surface area contributed by atoms with Crippen molar-refractivity contribution in [2.75, 3.05) is 11.9 Å². The van der Waals surface area contributed by atoms with Crippen LogP contribution in [0.15, 0.2) is 54.6 Å². The lowest BCUT2D eigenvalue weighted by molar-refractivity contribution is 0.207. The molecular formula is C18H20N2O. The zero-order valence-corrected chi connectivity index (χ0v) is 12.3. The Morgan fingerprint density at radius 1 is 1.14 bits per heavy atom. The predicted molar refractivity (Wildman–Crippen MR) is 85.3 cm³/mol. The first-order valence-corrected chi connectivity index (χ1v) is 7.43. The van der Waals surface area contributed by atoms with Gasteiger partial charge in [0.15, 0.2) is 0 Å². The maximum Gasteiger partial charge on any atom is 0.322 e. The lowest BCUT2D eigenvalue weighted by Crippen LogP contribution is -2.34. The Kier molecular flexibility index (Phi) is 3.91. The summed E-state index contributed by atoms with van der Waals surface area (Å²) >= 11 is 0. The third-order valence-electron chi connectivity index (χ3n) is 3.97. The molecule has 0 radical (unpaired) electrons. The summed E-state index contributed by atoms with van der Waals surface area (Å²) in [5.41, 5.74) is 3.32. The van der Waals surface area contributed by atoms with E-state index in [-0.39, 0.29) is 12.1 Å². The number of carbonyl (C=O) groups excluding carboxylic acids is 1. The van der Waals surface area contributed by atoms with Gasteiger partial charge in [0, 0.05) is 12.2 Å². The minimum Gasteiger partial charge on any atom is -0.317 e. The summed E-state index contributed by atoms with van der Waals surface area (Å²) in [6, 6.07) is 18.3. The van der Waals surface area contributed by atoms with Gasteiger partial charge in [-0.05, 0) is 37.5 Å². The molecule has 0 aliphatic carbocycles. The molecule has 1 aliphatic rings. The molecule has 2 aromatic carbocycles. The van der Waals surface area contributed by atoms with Crippen LogP contribution in [0, 0.1) is 6.92 Å². The molecule has 3 nitrogen and oxygen atoms in total. The summed E-state index contributed by atoms with van der Waals surface area (Å²) in [6.07, 6.45) is 2.09. The molecule has 108 valence electrons. The highest BCUT2D eigenvalue weighted by Gasteiger charge is 2.29. The Morgan fingerprint density at radius 2 is 1.95 bits per heavy atom. The summed E-state index contributed by atoms with van der Waals surface area (Å²) in [6.45, 7) is 2.91. The molecule has 1 fully saturated rings. The first-order valence-electron chi connectivity index (χ1n) is 7.43. The van der Waals surface area contributed by atoms with Gasteiger partial charge in [-0.15, -0.1) is 0 Å². The van der Waals surface area contributed by atoms with Crippen molar-refractivity contribution in [2.45, 2.75) is 25.8 Å². The second kappa shape index (κ2) is 6.00. The van der Waals surface area contributed by atoms with Crippen LogP contribution in [0.3, 0.4) is 0 Å². The fourth-order valence-corrected chi connectivity index (χ4v) is 2.95. The molecule has 1 N–H and O–H groups in total. The minimum atomic E-state index is -0.00907. The first kappa shape index (κ1) is 13.7. The zero-order valence-electron chi connectivity index (χ0n) is 12.3. The molecule has 3 rings (SSSR count). The summed E-state index contributed by atoms with van der Waals surface area (Å²) in [4.78, 5) is 14.4. The Bertz CT molecular complexity index is 624. The van der Waals surface area contributed by atoms with E-state index in [1.165, 1.54) is 11.1 Å². The van der Waals surface area contributed by atoms with Gasteiger partial charge in [0.05, 0.1) is 6.04 Å². The summed E-state index contributed by atoms with van der Waals surface area (Å²) in [7, 11) is 0. The molecule has 2 aromatic rings. The number of amides is 2. The number of anilines is 1. The topological polar surface area (TPSA) is 32.3 Å². The van der Waals surface area contributed by atoms with E-state index in [1.54, 1.807) is 0 Å². The van der Waals surface area contributed by atoms with Gasteiger partial charge in [-0.1, -0.05) is 48.0 Å².